The number of nitrogens with two attached hydrogens (primary N) is 1. The van der Waals surface area contributed by atoms with E-state index in [0.717, 1.165) is 13.0 Å². The highest BCUT2D eigenvalue weighted by atomic mass is 15.1. The van der Waals surface area contributed by atoms with Gasteiger partial charge in [0.05, 0.1) is 18.1 Å². The zero-order valence-electron chi connectivity index (χ0n) is 9.39. The molecule has 1 aliphatic carbocycles. The quantitative estimate of drug-likeness (QED) is 0.549. The minimum absolute atomic E-state index is 0.163. The van der Waals surface area contributed by atoms with Gasteiger partial charge in [-0.25, -0.2) is 4.98 Å². The van der Waals surface area contributed by atoms with Gasteiger partial charge in [-0.3, -0.25) is 0 Å². The number of hydrogen-bond donors (Lipinski definition) is 2. The van der Waals surface area contributed by atoms with Gasteiger partial charge >= 0.3 is 0 Å². The number of rotatable bonds is 6. The first-order chi connectivity index (χ1) is 7.86. The third kappa shape index (κ3) is 2.43. The SMILES string of the molecule is C#CCCNC(CN)c1cncn1C1CC1. The van der Waals surface area contributed by atoms with Crippen LogP contribution in [0.2, 0.25) is 0 Å². The van der Waals surface area contributed by atoms with E-state index in [-0.39, 0.29) is 6.04 Å². The van der Waals surface area contributed by atoms with E-state index in [9.17, 15) is 0 Å². The first-order valence-corrected chi connectivity index (χ1v) is 5.75. The molecule has 1 saturated carbocycles. The minimum Gasteiger partial charge on any atom is -0.330 e. The molecule has 1 heterocycles. The number of nitrogens with one attached hydrogen (secondary N) is 1. The van der Waals surface area contributed by atoms with Crippen molar-refractivity contribution in [3.8, 4) is 12.3 Å². The number of aromatic nitrogens is 2. The predicted octanol–water partition coefficient (Wildman–Crippen LogP) is 0.831. The predicted molar refractivity (Wildman–Crippen MR) is 63.7 cm³/mol. The second-order valence-electron chi connectivity index (χ2n) is 4.15. The first kappa shape index (κ1) is 11.2. The molecule has 1 fully saturated rings. The minimum atomic E-state index is 0.163. The largest absolute Gasteiger partial charge is 0.330 e. The summed E-state index contributed by atoms with van der Waals surface area (Å²) in [6.45, 7) is 1.37. The van der Waals surface area contributed by atoms with E-state index in [4.69, 9.17) is 12.2 Å². The van der Waals surface area contributed by atoms with Crippen molar-refractivity contribution in [2.45, 2.75) is 31.3 Å². The Balaban J connectivity index is 2.01. The van der Waals surface area contributed by atoms with E-state index < -0.39 is 0 Å². The molecule has 0 spiro atoms. The lowest BCUT2D eigenvalue weighted by Gasteiger charge is -2.18. The van der Waals surface area contributed by atoms with Crippen LogP contribution in [0.15, 0.2) is 12.5 Å². The van der Waals surface area contributed by atoms with Gasteiger partial charge in [0.15, 0.2) is 0 Å². The molecule has 1 aromatic heterocycles. The topological polar surface area (TPSA) is 55.9 Å². The molecule has 16 heavy (non-hydrogen) atoms. The van der Waals surface area contributed by atoms with Crippen LogP contribution in [0, 0.1) is 12.3 Å². The highest BCUT2D eigenvalue weighted by Gasteiger charge is 2.27. The van der Waals surface area contributed by atoms with E-state index >= 15 is 0 Å². The Labute approximate surface area is 96.2 Å². The Morgan fingerprint density at radius 1 is 1.69 bits per heavy atom. The standard InChI is InChI=1S/C12H18N4/c1-2-3-6-15-11(7-13)12-8-14-9-16(12)10-4-5-10/h1,8-11,15H,3-7,13H2. The second-order valence-corrected chi connectivity index (χ2v) is 4.15. The molecule has 0 saturated heterocycles. The van der Waals surface area contributed by atoms with Gasteiger partial charge in [-0.1, -0.05) is 0 Å². The molecule has 1 aliphatic rings. The van der Waals surface area contributed by atoms with Crippen molar-refractivity contribution in [1.82, 2.24) is 14.9 Å². The molecule has 1 atom stereocenters. The molecule has 2 rings (SSSR count). The molecular weight excluding hydrogens is 200 g/mol. The average molecular weight is 218 g/mol. The Kier molecular flexibility index (Phi) is 3.60. The summed E-state index contributed by atoms with van der Waals surface area (Å²) >= 11 is 0. The lowest BCUT2D eigenvalue weighted by molar-refractivity contribution is 0.509. The first-order valence-electron chi connectivity index (χ1n) is 5.75. The van der Waals surface area contributed by atoms with Gasteiger partial charge < -0.3 is 15.6 Å². The molecular formula is C12H18N4. The summed E-state index contributed by atoms with van der Waals surface area (Å²) in [6, 6.07) is 0.803. The fourth-order valence-corrected chi connectivity index (χ4v) is 1.87. The van der Waals surface area contributed by atoms with Gasteiger partial charge in [0.2, 0.25) is 0 Å². The highest BCUT2D eigenvalue weighted by molar-refractivity contribution is 5.09. The maximum absolute atomic E-state index is 5.78. The lowest BCUT2D eigenvalue weighted by atomic mass is 10.2. The molecule has 86 valence electrons. The maximum Gasteiger partial charge on any atom is 0.0951 e. The summed E-state index contributed by atoms with van der Waals surface area (Å²) in [4.78, 5) is 4.21. The summed E-state index contributed by atoms with van der Waals surface area (Å²) in [7, 11) is 0. The van der Waals surface area contributed by atoms with Crippen molar-refractivity contribution >= 4 is 0 Å². The van der Waals surface area contributed by atoms with Crippen LogP contribution in [0.3, 0.4) is 0 Å². The Hall–Kier alpha value is -1.31. The van der Waals surface area contributed by atoms with Crippen LogP contribution in [0.25, 0.3) is 0 Å². The average Bonchev–Trinajstić information content (AvgIpc) is 3.04. The van der Waals surface area contributed by atoms with E-state index in [1.807, 2.05) is 12.5 Å². The highest BCUT2D eigenvalue weighted by Crippen LogP contribution is 2.36. The van der Waals surface area contributed by atoms with Crippen molar-refractivity contribution in [2.24, 2.45) is 5.73 Å². The zero-order valence-corrected chi connectivity index (χ0v) is 9.39. The molecule has 0 aliphatic heterocycles. The van der Waals surface area contributed by atoms with Crippen molar-refractivity contribution in [3.05, 3.63) is 18.2 Å². The number of terminal acetylenes is 1. The summed E-state index contributed by atoms with van der Waals surface area (Å²) in [6.07, 6.45) is 12.3. The van der Waals surface area contributed by atoms with Crippen LogP contribution in [0.5, 0.6) is 0 Å². The molecule has 1 aromatic rings. The molecule has 3 N–H and O–H groups in total. The third-order valence-electron chi connectivity index (χ3n) is 2.89. The smallest absolute Gasteiger partial charge is 0.0951 e. The maximum atomic E-state index is 5.78. The van der Waals surface area contributed by atoms with Crippen molar-refractivity contribution in [3.63, 3.8) is 0 Å². The van der Waals surface area contributed by atoms with Crippen molar-refractivity contribution in [1.29, 1.82) is 0 Å². The van der Waals surface area contributed by atoms with Crippen LogP contribution >= 0.6 is 0 Å². The normalized spacial score (nSPS) is 17.0. The Bertz CT molecular complexity index is 373. The fourth-order valence-electron chi connectivity index (χ4n) is 1.87. The van der Waals surface area contributed by atoms with Crippen LogP contribution in [-0.2, 0) is 0 Å². The van der Waals surface area contributed by atoms with E-state index in [2.05, 4.69) is 20.8 Å². The van der Waals surface area contributed by atoms with E-state index in [1.54, 1.807) is 0 Å². The lowest BCUT2D eigenvalue weighted by Crippen LogP contribution is -2.30. The van der Waals surface area contributed by atoms with Crippen molar-refractivity contribution in [2.75, 3.05) is 13.1 Å². The van der Waals surface area contributed by atoms with Crippen LogP contribution in [-0.4, -0.2) is 22.6 Å². The van der Waals surface area contributed by atoms with Crippen molar-refractivity contribution < 1.29 is 0 Å². The summed E-state index contributed by atoms with van der Waals surface area (Å²) in [5, 5.41) is 3.37. The summed E-state index contributed by atoms with van der Waals surface area (Å²) in [5.74, 6) is 2.62. The monoisotopic (exact) mass is 218 g/mol. The molecule has 0 amide bonds. The van der Waals surface area contributed by atoms with Gasteiger partial charge in [0, 0.05) is 31.7 Å². The van der Waals surface area contributed by atoms with Gasteiger partial charge in [0.1, 0.15) is 0 Å². The van der Waals surface area contributed by atoms with Crippen LogP contribution in [0.4, 0.5) is 0 Å². The fraction of sp³-hybridized carbons (Fsp3) is 0.583. The Morgan fingerprint density at radius 2 is 2.50 bits per heavy atom. The number of hydrogen-bond acceptors (Lipinski definition) is 3. The second kappa shape index (κ2) is 5.15. The molecule has 0 aromatic carbocycles. The number of nitrogens with zero attached hydrogens (tertiary/aromatic N) is 2. The molecule has 4 heteroatoms. The van der Waals surface area contributed by atoms with Gasteiger partial charge in [-0.15, -0.1) is 12.3 Å². The molecule has 4 nitrogen and oxygen atoms in total. The number of imidazole rings is 1. The van der Waals surface area contributed by atoms with Crippen LogP contribution < -0.4 is 11.1 Å². The zero-order chi connectivity index (χ0) is 11.4. The molecule has 0 bridgehead atoms. The third-order valence-corrected chi connectivity index (χ3v) is 2.89. The molecule has 0 radical (unpaired) electrons. The summed E-state index contributed by atoms with van der Waals surface area (Å²) in [5.41, 5.74) is 6.96. The van der Waals surface area contributed by atoms with Gasteiger partial charge in [-0.05, 0) is 12.8 Å². The van der Waals surface area contributed by atoms with E-state index in [1.165, 1.54) is 18.5 Å². The summed E-state index contributed by atoms with van der Waals surface area (Å²) < 4.78 is 2.24. The van der Waals surface area contributed by atoms with E-state index in [0.29, 0.717) is 12.6 Å². The van der Waals surface area contributed by atoms with Gasteiger partial charge in [-0.2, -0.15) is 0 Å². The Morgan fingerprint density at radius 3 is 3.12 bits per heavy atom. The van der Waals surface area contributed by atoms with Crippen LogP contribution in [0.1, 0.15) is 37.0 Å². The van der Waals surface area contributed by atoms with Gasteiger partial charge in [0.25, 0.3) is 0 Å². The molecule has 1 unspecified atom stereocenters.